The number of aromatic nitrogens is 2. The van der Waals surface area contributed by atoms with Crippen molar-refractivity contribution in [3.63, 3.8) is 0 Å². The van der Waals surface area contributed by atoms with Crippen LogP contribution in [-0.2, 0) is 13.0 Å². The Bertz CT molecular complexity index is 702. The van der Waals surface area contributed by atoms with E-state index in [0.29, 0.717) is 6.54 Å². The molecule has 3 heterocycles. The molecule has 5 heteroatoms. The summed E-state index contributed by atoms with van der Waals surface area (Å²) in [5, 5.41) is 1.19. The van der Waals surface area contributed by atoms with Gasteiger partial charge >= 0.3 is 0 Å². The lowest BCUT2D eigenvalue weighted by Crippen LogP contribution is -2.02. The van der Waals surface area contributed by atoms with Gasteiger partial charge in [0.15, 0.2) is 0 Å². The van der Waals surface area contributed by atoms with E-state index < -0.39 is 0 Å². The molecule has 98 valence electrons. The summed E-state index contributed by atoms with van der Waals surface area (Å²) in [6.07, 6.45) is 4.85. The van der Waals surface area contributed by atoms with Crippen molar-refractivity contribution < 1.29 is 0 Å². The Morgan fingerprint density at radius 3 is 2.95 bits per heavy atom. The smallest absolute Gasteiger partial charge is 0.140 e. The molecule has 0 fully saturated rings. The predicted molar refractivity (Wildman–Crippen MR) is 80.9 cm³/mol. The van der Waals surface area contributed by atoms with Crippen LogP contribution >= 0.6 is 22.9 Å². The van der Waals surface area contributed by atoms with Crippen molar-refractivity contribution in [3.05, 3.63) is 51.4 Å². The van der Waals surface area contributed by atoms with Crippen molar-refractivity contribution in [2.45, 2.75) is 13.0 Å². The third-order valence-electron chi connectivity index (χ3n) is 3.09. The van der Waals surface area contributed by atoms with E-state index in [1.165, 1.54) is 15.8 Å². The van der Waals surface area contributed by atoms with Gasteiger partial charge in [0.25, 0.3) is 0 Å². The quantitative estimate of drug-likeness (QED) is 0.801. The second-order valence-corrected chi connectivity index (χ2v) is 6.20. The summed E-state index contributed by atoms with van der Waals surface area (Å²) in [6, 6.07) is 8.06. The van der Waals surface area contributed by atoms with Crippen LogP contribution in [0.15, 0.2) is 36.7 Å². The molecule has 0 aliphatic heterocycles. The van der Waals surface area contributed by atoms with Crippen LogP contribution in [-0.4, -0.2) is 16.1 Å². The van der Waals surface area contributed by atoms with Gasteiger partial charge in [0.2, 0.25) is 0 Å². The van der Waals surface area contributed by atoms with Gasteiger partial charge in [-0.2, -0.15) is 0 Å². The molecule has 0 bridgehead atoms. The summed E-state index contributed by atoms with van der Waals surface area (Å²) in [5.74, 6) is 0. The van der Waals surface area contributed by atoms with Crippen molar-refractivity contribution in [3.8, 4) is 0 Å². The number of rotatable bonds is 4. The lowest BCUT2D eigenvalue weighted by molar-refractivity contribution is 0.830. The number of hydrogen-bond donors (Lipinski definition) is 1. The number of nitrogens with two attached hydrogens (primary N) is 1. The fraction of sp³-hybridized carbons (Fsp3) is 0.214. The first-order valence-corrected chi connectivity index (χ1v) is 7.34. The third kappa shape index (κ3) is 2.52. The van der Waals surface area contributed by atoms with E-state index in [1.54, 1.807) is 11.3 Å². The van der Waals surface area contributed by atoms with Crippen LogP contribution in [0.25, 0.3) is 11.0 Å². The normalized spacial score (nSPS) is 11.3. The van der Waals surface area contributed by atoms with Crippen LogP contribution in [0.1, 0.15) is 10.4 Å². The van der Waals surface area contributed by atoms with E-state index in [9.17, 15) is 0 Å². The summed E-state index contributed by atoms with van der Waals surface area (Å²) >= 11 is 7.58. The van der Waals surface area contributed by atoms with Gasteiger partial charge in [-0.25, -0.2) is 4.98 Å². The summed E-state index contributed by atoms with van der Waals surface area (Å²) in [5.41, 5.74) is 7.94. The van der Waals surface area contributed by atoms with Crippen molar-refractivity contribution in [1.29, 1.82) is 0 Å². The number of hydrogen-bond acceptors (Lipinski definition) is 3. The average molecular weight is 292 g/mol. The largest absolute Gasteiger partial charge is 0.330 e. The summed E-state index contributed by atoms with van der Waals surface area (Å²) in [7, 11) is 0. The Morgan fingerprint density at radius 1 is 1.32 bits per heavy atom. The number of thiophene rings is 1. The molecule has 0 aliphatic carbocycles. The van der Waals surface area contributed by atoms with E-state index in [-0.39, 0.29) is 0 Å². The molecule has 0 atom stereocenters. The Morgan fingerprint density at radius 2 is 2.21 bits per heavy atom. The molecule has 3 aromatic heterocycles. The maximum absolute atomic E-state index is 5.98. The lowest BCUT2D eigenvalue weighted by atomic mass is 10.2. The van der Waals surface area contributed by atoms with E-state index in [0.717, 1.165) is 22.9 Å². The number of halogens is 1. The Labute approximate surface area is 120 Å². The second kappa shape index (κ2) is 5.33. The molecule has 0 spiro atoms. The zero-order chi connectivity index (χ0) is 13.2. The predicted octanol–water partition coefficient (Wildman–Crippen LogP) is 3.30. The SMILES string of the molecule is NCCc1cn(Cc2ccc(Cl)s2)c2ncccc12. The van der Waals surface area contributed by atoms with Gasteiger partial charge < -0.3 is 10.3 Å². The van der Waals surface area contributed by atoms with Crippen molar-refractivity contribution in [1.82, 2.24) is 9.55 Å². The molecular weight excluding hydrogens is 278 g/mol. The fourth-order valence-electron chi connectivity index (χ4n) is 2.28. The maximum atomic E-state index is 5.98. The first-order chi connectivity index (χ1) is 9.28. The molecular formula is C14H14ClN3S. The van der Waals surface area contributed by atoms with Gasteiger partial charge in [-0.3, -0.25) is 0 Å². The average Bonchev–Trinajstić information content (AvgIpc) is 2.97. The zero-order valence-electron chi connectivity index (χ0n) is 10.3. The van der Waals surface area contributed by atoms with E-state index in [4.69, 9.17) is 17.3 Å². The Kier molecular flexibility index (Phi) is 3.55. The lowest BCUT2D eigenvalue weighted by Gasteiger charge is -2.01. The van der Waals surface area contributed by atoms with Crippen LogP contribution in [0.3, 0.4) is 0 Å². The van der Waals surface area contributed by atoms with Crippen molar-refractivity contribution in [2.24, 2.45) is 5.73 Å². The van der Waals surface area contributed by atoms with Gasteiger partial charge in [-0.15, -0.1) is 11.3 Å². The van der Waals surface area contributed by atoms with Gasteiger partial charge in [0.1, 0.15) is 5.65 Å². The standard InChI is InChI=1S/C14H14ClN3S/c15-13-4-3-11(19-13)9-18-8-10(5-6-16)12-2-1-7-17-14(12)18/h1-4,7-8H,5-6,9,16H2. The summed E-state index contributed by atoms with van der Waals surface area (Å²) in [4.78, 5) is 5.71. The van der Waals surface area contributed by atoms with Crippen LogP contribution in [0.2, 0.25) is 4.34 Å². The highest BCUT2D eigenvalue weighted by Crippen LogP contribution is 2.25. The second-order valence-electron chi connectivity index (χ2n) is 4.40. The van der Waals surface area contributed by atoms with Crippen molar-refractivity contribution >= 4 is 34.0 Å². The highest BCUT2D eigenvalue weighted by atomic mass is 35.5. The molecule has 0 saturated carbocycles. The number of nitrogens with zero attached hydrogens (tertiary/aromatic N) is 2. The molecule has 0 aromatic carbocycles. The Balaban J connectivity index is 2.03. The van der Waals surface area contributed by atoms with Crippen LogP contribution in [0.4, 0.5) is 0 Å². The van der Waals surface area contributed by atoms with Crippen LogP contribution in [0.5, 0.6) is 0 Å². The minimum Gasteiger partial charge on any atom is -0.330 e. The minimum atomic E-state index is 0.652. The molecule has 0 unspecified atom stereocenters. The Hall–Kier alpha value is -1.36. The highest BCUT2D eigenvalue weighted by Gasteiger charge is 2.09. The van der Waals surface area contributed by atoms with E-state index in [1.807, 2.05) is 18.3 Å². The third-order valence-corrected chi connectivity index (χ3v) is 4.30. The highest BCUT2D eigenvalue weighted by molar-refractivity contribution is 7.16. The minimum absolute atomic E-state index is 0.652. The molecule has 0 saturated heterocycles. The first kappa shape index (κ1) is 12.7. The van der Waals surface area contributed by atoms with Crippen LogP contribution in [0, 0.1) is 0 Å². The molecule has 0 aliphatic rings. The molecule has 3 aromatic rings. The van der Waals surface area contributed by atoms with Gasteiger partial charge in [-0.1, -0.05) is 11.6 Å². The zero-order valence-corrected chi connectivity index (χ0v) is 11.9. The fourth-order valence-corrected chi connectivity index (χ4v) is 3.36. The van der Waals surface area contributed by atoms with Crippen LogP contribution < -0.4 is 5.73 Å². The first-order valence-electron chi connectivity index (χ1n) is 6.15. The van der Waals surface area contributed by atoms with Gasteiger partial charge in [0.05, 0.1) is 10.9 Å². The molecule has 3 nitrogen and oxygen atoms in total. The topological polar surface area (TPSA) is 43.8 Å². The molecule has 19 heavy (non-hydrogen) atoms. The maximum Gasteiger partial charge on any atom is 0.140 e. The molecule has 2 N–H and O–H groups in total. The molecule has 0 radical (unpaired) electrons. The summed E-state index contributed by atoms with van der Waals surface area (Å²) in [6.45, 7) is 1.45. The van der Waals surface area contributed by atoms with E-state index >= 15 is 0 Å². The molecule has 0 amide bonds. The van der Waals surface area contributed by atoms with Crippen molar-refractivity contribution in [2.75, 3.05) is 6.54 Å². The van der Waals surface area contributed by atoms with E-state index in [2.05, 4.69) is 27.9 Å². The molecule has 3 rings (SSSR count). The van der Waals surface area contributed by atoms with Gasteiger partial charge in [-0.05, 0) is 42.8 Å². The number of fused-ring (bicyclic) bond motifs is 1. The number of pyridine rings is 1. The monoisotopic (exact) mass is 291 g/mol. The van der Waals surface area contributed by atoms with Gasteiger partial charge in [0, 0.05) is 22.7 Å². The summed E-state index contributed by atoms with van der Waals surface area (Å²) < 4.78 is 2.99.